The van der Waals surface area contributed by atoms with E-state index in [0.29, 0.717) is 16.9 Å². The molecule has 0 radical (unpaired) electrons. The number of hydrogen-bond acceptors (Lipinski definition) is 4. The van der Waals surface area contributed by atoms with Gasteiger partial charge in [0.2, 0.25) is 0 Å². The van der Waals surface area contributed by atoms with Crippen molar-refractivity contribution in [3.8, 4) is 11.5 Å². The number of ketones is 1. The Morgan fingerprint density at radius 2 is 0.842 bits per heavy atom. The zero-order chi connectivity index (χ0) is 27.5. The minimum Gasteiger partial charge on any atom is -0.497 e. The van der Waals surface area contributed by atoms with Crippen molar-refractivity contribution in [2.45, 2.75) is 45.4 Å². The average molecular weight is 507 g/mol. The predicted molar refractivity (Wildman–Crippen MR) is 151 cm³/mol. The van der Waals surface area contributed by atoms with Crippen LogP contribution in [0.1, 0.15) is 72.8 Å². The fraction of sp³-hybridized carbons (Fsp3) is 0.235. The molecule has 0 heterocycles. The molecule has 4 aromatic rings. The average Bonchev–Trinajstić information content (AvgIpc) is 2.93. The summed E-state index contributed by atoms with van der Waals surface area (Å²) >= 11 is 0. The van der Waals surface area contributed by atoms with Crippen molar-refractivity contribution < 1.29 is 19.1 Å². The molecule has 4 aromatic carbocycles. The molecule has 38 heavy (non-hydrogen) atoms. The van der Waals surface area contributed by atoms with Crippen LogP contribution in [-0.2, 0) is 15.6 Å². The molecule has 0 saturated heterocycles. The molecule has 0 amide bonds. The monoisotopic (exact) mass is 506 g/mol. The van der Waals surface area contributed by atoms with Crippen molar-refractivity contribution >= 4 is 11.8 Å². The molecule has 0 aliphatic heterocycles. The maximum Gasteiger partial charge on any atom is 0.308 e. The molecule has 4 heteroatoms. The summed E-state index contributed by atoms with van der Waals surface area (Å²) < 4.78 is 10.4. The molecule has 0 spiro atoms. The first-order valence-corrected chi connectivity index (χ1v) is 12.7. The van der Waals surface area contributed by atoms with Crippen LogP contribution in [0, 0.1) is 0 Å². The van der Waals surface area contributed by atoms with Crippen LogP contribution in [0.3, 0.4) is 0 Å². The molecule has 4 nitrogen and oxygen atoms in total. The summed E-state index contributed by atoms with van der Waals surface area (Å²) in [6.07, 6.45) is 0. The zero-order valence-corrected chi connectivity index (χ0v) is 22.9. The molecule has 0 saturated carbocycles. The Hall–Kier alpha value is -4.18. The Bertz CT molecular complexity index is 1410. The Balaban J connectivity index is 1.50. The van der Waals surface area contributed by atoms with Crippen molar-refractivity contribution in [1.82, 2.24) is 0 Å². The first-order valence-electron chi connectivity index (χ1n) is 12.7. The smallest absolute Gasteiger partial charge is 0.308 e. The Kier molecular flexibility index (Phi) is 7.54. The zero-order valence-electron chi connectivity index (χ0n) is 22.9. The van der Waals surface area contributed by atoms with Crippen molar-refractivity contribution in [2.24, 2.45) is 0 Å². The van der Waals surface area contributed by atoms with E-state index in [1.807, 2.05) is 72.8 Å². The highest BCUT2D eigenvalue weighted by Crippen LogP contribution is 2.34. The summed E-state index contributed by atoms with van der Waals surface area (Å²) in [7, 11) is 1.66. The molecule has 0 fully saturated rings. The topological polar surface area (TPSA) is 52.6 Å². The summed E-state index contributed by atoms with van der Waals surface area (Å²) in [5.74, 6) is 1.01. The molecule has 0 N–H and O–H groups in total. The lowest BCUT2D eigenvalue weighted by atomic mass is 9.77. The number of esters is 1. The standard InChI is InChI=1S/C34H34O4/c1-23(35)38-31-21-17-29(18-22-31)34(4,5)27-13-9-25(10-14-27)32(36)24-7-11-26(12-8-24)33(2,3)28-15-19-30(37-6)20-16-28/h7-22H,1-6H3. The van der Waals surface area contributed by atoms with E-state index >= 15 is 0 Å². The molecular formula is C34H34O4. The highest BCUT2D eigenvalue weighted by atomic mass is 16.5. The Morgan fingerprint density at radius 1 is 0.526 bits per heavy atom. The van der Waals surface area contributed by atoms with E-state index in [-0.39, 0.29) is 22.6 Å². The number of rotatable bonds is 8. The van der Waals surface area contributed by atoms with Gasteiger partial charge in [0, 0.05) is 28.9 Å². The summed E-state index contributed by atoms with van der Waals surface area (Å²) in [6, 6.07) is 31.3. The van der Waals surface area contributed by atoms with Gasteiger partial charge in [-0.15, -0.1) is 0 Å². The first kappa shape index (κ1) is 26.9. The predicted octanol–water partition coefficient (Wildman–Crippen LogP) is 7.50. The quantitative estimate of drug-likeness (QED) is 0.141. The summed E-state index contributed by atoms with van der Waals surface area (Å²) in [6.45, 7) is 10.0. The van der Waals surface area contributed by atoms with Crippen LogP contribution in [0.15, 0.2) is 97.1 Å². The number of methoxy groups -OCH3 is 1. The third-order valence-corrected chi connectivity index (χ3v) is 7.39. The molecular weight excluding hydrogens is 472 g/mol. The summed E-state index contributed by atoms with van der Waals surface area (Å²) in [5, 5.41) is 0. The van der Waals surface area contributed by atoms with Crippen LogP contribution in [0.2, 0.25) is 0 Å². The third kappa shape index (κ3) is 5.55. The SMILES string of the molecule is COc1ccc(C(C)(C)c2ccc(C(=O)c3ccc(C(C)(C)c4ccc(OC(C)=O)cc4)cc3)cc2)cc1. The van der Waals surface area contributed by atoms with Crippen LogP contribution in [0.25, 0.3) is 0 Å². The number of carbonyl (C=O) groups excluding carboxylic acids is 2. The molecule has 0 aliphatic rings. The van der Waals surface area contributed by atoms with E-state index in [1.165, 1.54) is 12.5 Å². The highest BCUT2D eigenvalue weighted by molar-refractivity contribution is 6.09. The fourth-order valence-electron chi connectivity index (χ4n) is 4.69. The van der Waals surface area contributed by atoms with Gasteiger partial charge in [-0.05, 0) is 46.5 Å². The second-order valence-electron chi connectivity index (χ2n) is 10.6. The van der Waals surface area contributed by atoms with Gasteiger partial charge in [0.25, 0.3) is 0 Å². The lowest BCUT2D eigenvalue weighted by molar-refractivity contribution is -0.131. The van der Waals surface area contributed by atoms with Gasteiger partial charge in [0.05, 0.1) is 7.11 Å². The number of ether oxygens (including phenoxy) is 2. The largest absolute Gasteiger partial charge is 0.497 e. The van der Waals surface area contributed by atoms with Crippen molar-refractivity contribution in [3.63, 3.8) is 0 Å². The van der Waals surface area contributed by atoms with E-state index in [4.69, 9.17) is 9.47 Å². The number of benzene rings is 4. The van der Waals surface area contributed by atoms with E-state index in [9.17, 15) is 9.59 Å². The maximum absolute atomic E-state index is 13.2. The number of carbonyl (C=O) groups is 2. The second-order valence-corrected chi connectivity index (χ2v) is 10.6. The van der Waals surface area contributed by atoms with Gasteiger partial charge in [-0.25, -0.2) is 0 Å². The van der Waals surface area contributed by atoms with E-state index in [2.05, 4.69) is 39.8 Å². The minimum absolute atomic E-state index is 0.00565. The van der Waals surface area contributed by atoms with Crippen LogP contribution in [0.5, 0.6) is 11.5 Å². The van der Waals surface area contributed by atoms with Gasteiger partial charge in [-0.2, -0.15) is 0 Å². The van der Waals surface area contributed by atoms with Crippen LogP contribution >= 0.6 is 0 Å². The molecule has 4 rings (SSSR count). The third-order valence-electron chi connectivity index (χ3n) is 7.39. The normalized spacial score (nSPS) is 11.6. The van der Waals surface area contributed by atoms with Gasteiger partial charge in [0.15, 0.2) is 5.78 Å². The van der Waals surface area contributed by atoms with Crippen LogP contribution in [-0.4, -0.2) is 18.9 Å². The van der Waals surface area contributed by atoms with Gasteiger partial charge in [-0.1, -0.05) is 100 Å². The lowest BCUT2D eigenvalue weighted by Gasteiger charge is -2.27. The Morgan fingerprint density at radius 3 is 1.16 bits per heavy atom. The van der Waals surface area contributed by atoms with Gasteiger partial charge in [0.1, 0.15) is 11.5 Å². The summed E-state index contributed by atoms with van der Waals surface area (Å²) in [5.41, 5.74) is 5.30. The van der Waals surface area contributed by atoms with Crippen molar-refractivity contribution in [1.29, 1.82) is 0 Å². The molecule has 0 atom stereocenters. The van der Waals surface area contributed by atoms with Crippen LogP contribution < -0.4 is 9.47 Å². The minimum atomic E-state index is -0.340. The van der Waals surface area contributed by atoms with E-state index in [1.54, 1.807) is 19.2 Å². The molecule has 0 aliphatic carbocycles. The van der Waals surface area contributed by atoms with Crippen LogP contribution in [0.4, 0.5) is 0 Å². The molecule has 0 unspecified atom stereocenters. The maximum atomic E-state index is 13.2. The molecule has 0 aromatic heterocycles. The Labute approximate surface area is 225 Å². The first-order chi connectivity index (χ1) is 18.0. The molecule has 194 valence electrons. The fourth-order valence-corrected chi connectivity index (χ4v) is 4.69. The van der Waals surface area contributed by atoms with Crippen molar-refractivity contribution in [2.75, 3.05) is 7.11 Å². The van der Waals surface area contributed by atoms with Gasteiger partial charge in [-0.3, -0.25) is 9.59 Å². The number of hydrogen-bond donors (Lipinski definition) is 0. The highest BCUT2D eigenvalue weighted by Gasteiger charge is 2.25. The summed E-state index contributed by atoms with van der Waals surface area (Å²) in [4.78, 5) is 24.4. The molecule has 0 bridgehead atoms. The van der Waals surface area contributed by atoms with Gasteiger partial charge >= 0.3 is 5.97 Å². The lowest BCUT2D eigenvalue weighted by Crippen LogP contribution is -2.19. The van der Waals surface area contributed by atoms with E-state index < -0.39 is 0 Å². The van der Waals surface area contributed by atoms with Gasteiger partial charge < -0.3 is 9.47 Å². The van der Waals surface area contributed by atoms with Crippen molar-refractivity contribution in [3.05, 3.63) is 130 Å². The second kappa shape index (κ2) is 10.7. The van der Waals surface area contributed by atoms with E-state index in [0.717, 1.165) is 22.4 Å².